The summed E-state index contributed by atoms with van der Waals surface area (Å²) in [6.07, 6.45) is 3.92. The first-order chi connectivity index (χ1) is 12.6. The smallest absolute Gasteiger partial charge is 0.161 e. The summed E-state index contributed by atoms with van der Waals surface area (Å²) in [4.78, 5) is 0. The fourth-order valence-corrected chi connectivity index (χ4v) is 2.59. The van der Waals surface area contributed by atoms with E-state index in [1.807, 2.05) is 0 Å². The highest BCUT2D eigenvalue weighted by atomic mass is 16.5. The van der Waals surface area contributed by atoms with E-state index in [4.69, 9.17) is 14.2 Å². The van der Waals surface area contributed by atoms with Gasteiger partial charge in [-0.1, -0.05) is 6.08 Å². The minimum atomic E-state index is 0.0779. The second kappa shape index (κ2) is 8.63. The van der Waals surface area contributed by atoms with Crippen molar-refractivity contribution in [2.45, 2.75) is 6.42 Å². The maximum absolute atomic E-state index is 10.2. The SMILES string of the molecule is C=CCc1cc(/C=C(\C#N)c2ccc(OC)c(OC)c2)cc(OC)c1O. The quantitative estimate of drug-likeness (QED) is 0.460. The van der Waals surface area contributed by atoms with Crippen LogP contribution in [0.25, 0.3) is 11.6 Å². The predicted octanol–water partition coefficient (Wildman–Crippen LogP) is 4.21. The van der Waals surface area contributed by atoms with Gasteiger partial charge in [0.15, 0.2) is 23.0 Å². The van der Waals surface area contributed by atoms with Crippen molar-refractivity contribution in [3.8, 4) is 29.1 Å². The number of hydrogen-bond donors (Lipinski definition) is 1. The van der Waals surface area contributed by atoms with Gasteiger partial charge in [-0.05, 0) is 54.0 Å². The third kappa shape index (κ3) is 3.98. The van der Waals surface area contributed by atoms with E-state index in [0.717, 1.165) is 5.56 Å². The van der Waals surface area contributed by atoms with Gasteiger partial charge in [0, 0.05) is 5.56 Å². The topological polar surface area (TPSA) is 71.7 Å². The van der Waals surface area contributed by atoms with E-state index >= 15 is 0 Å². The summed E-state index contributed by atoms with van der Waals surface area (Å²) < 4.78 is 15.8. The number of phenols is 1. The molecule has 0 atom stereocenters. The van der Waals surface area contributed by atoms with E-state index in [2.05, 4.69) is 12.6 Å². The Morgan fingerprint density at radius 2 is 1.77 bits per heavy atom. The molecular formula is C21H21NO4. The van der Waals surface area contributed by atoms with Gasteiger partial charge in [0.1, 0.15) is 0 Å². The van der Waals surface area contributed by atoms with Crippen molar-refractivity contribution < 1.29 is 19.3 Å². The summed E-state index contributed by atoms with van der Waals surface area (Å²) in [7, 11) is 4.59. The van der Waals surface area contributed by atoms with E-state index in [1.54, 1.807) is 56.7 Å². The minimum absolute atomic E-state index is 0.0779. The molecule has 2 aromatic rings. The van der Waals surface area contributed by atoms with Crippen molar-refractivity contribution in [1.29, 1.82) is 5.26 Å². The summed E-state index contributed by atoms with van der Waals surface area (Å²) in [5.41, 5.74) is 2.56. The van der Waals surface area contributed by atoms with Gasteiger partial charge in [0.25, 0.3) is 0 Å². The average molecular weight is 351 g/mol. The Morgan fingerprint density at radius 1 is 1.08 bits per heavy atom. The lowest BCUT2D eigenvalue weighted by Crippen LogP contribution is -1.93. The maximum atomic E-state index is 10.2. The molecule has 1 N–H and O–H groups in total. The Hall–Kier alpha value is -3.39. The Bertz CT molecular complexity index is 878. The molecule has 0 aliphatic rings. The van der Waals surface area contributed by atoms with Crippen molar-refractivity contribution in [2.24, 2.45) is 0 Å². The normalized spacial score (nSPS) is 10.8. The van der Waals surface area contributed by atoms with Crippen LogP contribution in [0.15, 0.2) is 43.0 Å². The number of ether oxygens (including phenoxy) is 3. The van der Waals surface area contributed by atoms with Crippen molar-refractivity contribution in [3.63, 3.8) is 0 Å². The molecule has 0 spiro atoms. The van der Waals surface area contributed by atoms with Crippen LogP contribution in [0.5, 0.6) is 23.0 Å². The number of methoxy groups -OCH3 is 3. The van der Waals surface area contributed by atoms with E-state index in [9.17, 15) is 10.4 Å². The van der Waals surface area contributed by atoms with Crippen molar-refractivity contribution in [1.82, 2.24) is 0 Å². The molecule has 0 heterocycles. The van der Waals surface area contributed by atoms with Gasteiger partial charge in [0.2, 0.25) is 0 Å². The summed E-state index contributed by atoms with van der Waals surface area (Å²) in [6, 6.07) is 11.0. The molecule has 0 aromatic heterocycles. The number of rotatable bonds is 7. The van der Waals surface area contributed by atoms with Gasteiger partial charge >= 0.3 is 0 Å². The maximum Gasteiger partial charge on any atom is 0.161 e. The molecule has 0 fully saturated rings. The van der Waals surface area contributed by atoms with Crippen LogP contribution < -0.4 is 14.2 Å². The first-order valence-electron chi connectivity index (χ1n) is 7.92. The summed E-state index contributed by atoms with van der Waals surface area (Å²) in [6.45, 7) is 3.70. The number of phenolic OH excluding ortho intramolecular Hbond substituents is 1. The number of benzene rings is 2. The third-order valence-corrected chi connectivity index (χ3v) is 3.89. The van der Waals surface area contributed by atoms with Crippen LogP contribution in [0.2, 0.25) is 0 Å². The minimum Gasteiger partial charge on any atom is -0.504 e. The lowest BCUT2D eigenvalue weighted by Gasteiger charge is -2.11. The van der Waals surface area contributed by atoms with Crippen LogP contribution in [-0.4, -0.2) is 26.4 Å². The predicted molar refractivity (Wildman–Crippen MR) is 102 cm³/mol. The second-order valence-corrected chi connectivity index (χ2v) is 5.46. The van der Waals surface area contributed by atoms with Gasteiger partial charge in [-0.15, -0.1) is 6.58 Å². The van der Waals surface area contributed by atoms with Gasteiger partial charge in [0.05, 0.1) is 33.0 Å². The number of hydrogen-bond acceptors (Lipinski definition) is 5. The molecule has 26 heavy (non-hydrogen) atoms. The highest BCUT2D eigenvalue weighted by molar-refractivity contribution is 5.90. The van der Waals surface area contributed by atoms with Crippen LogP contribution in [0.4, 0.5) is 0 Å². The fraction of sp³-hybridized carbons (Fsp3) is 0.190. The summed E-state index contributed by atoms with van der Waals surface area (Å²) in [5, 5.41) is 19.8. The average Bonchev–Trinajstić information content (AvgIpc) is 2.67. The van der Waals surface area contributed by atoms with E-state index in [1.165, 1.54) is 7.11 Å². The molecule has 0 bridgehead atoms. The van der Waals surface area contributed by atoms with Gasteiger partial charge in [-0.2, -0.15) is 5.26 Å². The Labute approximate surface area is 153 Å². The lowest BCUT2D eigenvalue weighted by atomic mass is 10.0. The highest BCUT2D eigenvalue weighted by Crippen LogP contribution is 2.34. The largest absolute Gasteiger partial charge is 0.504 e. The van der Waals surface area contributed by atoms with Gasteiger partial charge < -0.3 is 19.3 Å². The lowest BCUT2D eigenvalue weighted by molar-refractivity contribution is 0.355. The fourth-order valence-electron chi connectivity index (χ4n) is 2.59. The Kier molecular flexibility index (Phi) is 6.29. The molecule has 0 radical (unpaired) electrons. The molecule has 0 saturated heterocycles. The summed E-state index contributed by atoms with van der Waals surface area (Å²) in [5.74, 6) is 1.56. The third-order valence-electron chi connectivity index (χ3n) is 3.89. The first-order valence-corrected chi connectivity index (χ1v) is 7.92. The Morgan fingerprint density at radius 3 is 2.35 bits per heavy atom. The number of aromatic hydroxyl groups is 1. The van der Waals surface area contributed by atoms with E-state index < -0.39 is 0 Å². The Balaban J connectivity index is 2.54. The van der Waals surface area contributed by atoms with Crippen LogP contribution in [-0.2, 0) is 6.42 Å². The molecule has 2 rings (SSSR count). The molecule has 5 heteroatoms. The molecule has 2 aromatic carbocycles. The van der Waals surface area contributed by atoms with Crippen molar-refractivity contribution in [2.75, 3.05) is 21.3 Å². The molecule has 5 nitrogen and oxygen atoms in total. The molecule has 0 saturated carbocycles. The van der Waals surface area contributed by atoms with Gasteiger partial charge in [-0.25, -0.2) is 0 Å². The monoisotopic (exact) mass is 351 g/mol. The van der Waals surface area contributed by atoms with E-state index in [0.29, 0.717) is 40.4 Å². The number of allylic oxidation sites excluding steroid dienone is 2. The van der Waals surface area contributed by atoms with E-state index in [-0.39, 0.29) is 5.75 Å². The van der Waals surface area contributed by atoms with Crippen LogP contribution in [0.3, 0.4) is 0 Å². The number of nitriles is 1. The second-order valence-electron chi connectivity index (χ2n) is 5.46. The van der Waals surface area contributed by atoms with Gasteiger partial charge in [-0.3, -0.25) is 0 Å². The number of nitrogens with zero attached hydrogens (tertiary/aromatic N) is 1. The molecule has 0 unspecified atom stereocenters. The van der Waals surface area contributed by atoms with Crippen LogP contribution in [0, 0.1) is 11.3 Å². The van der Waals surface area contributed by atoms with Crippen LogP contribution >= 0.6 is 0 Å². The highest BCUT2D eigenvalue weighted by Gasteiger charge is 2.11. The van der Waals surface area contributed by atoms with Crippen molar-refractivity contribution in [3.05, 3.63) is 59.7 Å². The zero-order valence-electron chi connectivity index (χ0n) is 15.1. The molecule has 0 aliphatic heterocycles. The zero-order valence-corrected chi connectivity index (χ0v) is 15.1. The standard InChI is InChI=1S/C21H21NO4/c1-5-6-16-9-14(11-20(26-4)21(16)23)10-17(13-22)15-7-8-18(24-2)19(12-15)25-3/h5,7-12,23H,1,6H2,2-4H3/b17-10+. The molecule has 0 amide bonds. The zero-order chi connectivity index (χ0) is 19.1. The first kappa shape index (κ1) is 18.9. The molecule has 134 valence electrons. The molecular weight excluding hydrogens is 330 g/mol. The summed E-state index contributed by atoms with van der Waals surface area (Å²) >= 11 is 0. The molecule has 0 aliphatic carbocycles. The van der Waals surface area contributed by atoms with Crippen molar-refractivity contribution >= 4 is 11.6 Å². The van der Waals surface area contributed by atoms with Crippen LogP contribution in [0.1, 0.15) is 16.7 Å².